The fourth-order valence-electron chi connectivity index (χ4n) is 2.59. The first-order valence-electron chi connectivity index (χ1n) is 5.16. The smallest absolute Gasteiger partial charge is 0.248 e. The highest BCUT2D eigenvalue weighted by Gasteiger charge is 2.50. The lowest BCUT2D eigenvalue weighted by molar-refractivity contribution is -0.0537. The van der Waals surface area contributed by atoms with E-state index in [1.807, 2.05) is 0 Å². The van der Waals surface area contributed by atoms with E-state index in [1.54, 1.807) is 0 Å². The van der Waals surface area contributed by atoms with Crippen LogP contribution in [0, 0.1) is 11.3 Å². The van der Waals surface area contributed by atoms with E-state index in [4.69, 9.17) is 5.73 Å². The van der Waals surface area contributed by atoms with Crippen molar-refractivity contribution in [2.75, 3.05) is 6.54 Å². The Morgan fingerprint density at radius 3 is 2.00 bits per heavy atom. The Hall–Kier alpha value is -0.180. The molecule has 76 valence electrons. The van der Waals surface area contributed by atoms with Gasteiger partial charge in [0.25, 0.3) is 0 Å². The van der Waals surface area contributed by atoms with Crippen LogP contribution in [0.4, 0.5) is 8.78 Å². The molecule has 13 heavy (non-hydrogen) atoms. The van der Waals surface area contributed by atoms with Crippen molar-refractivity contribution in [1.29, 1.82) is 0 Å². The summed E-state index contributed by atoms with van der Waals surface area (Å²) in [5.74, 6) is -1.90. The maximum atomic E-state index is 12.9. The molecule has 2 fully saturated rings. The van der Waals surface area contributed by atoms with Gasteiger partial charge in [-0.15, -0.1) is 0 Å². The summed E-state index contributed by atoms with van der Waals surface area (Å²) in [6.45, 7) is 0.698. The molecule has 0 heterocycles. The van der Waals surface area contributed by atoms with Crippen molar-refractivity contribution in [2.45, 2.75) is 44.4 Å². The predicted molar refractivity (Wildman–Crippen MR) is 47.6 cm³/mol. The Labute approximate surface area is 77.7 Å². The summed E-state index contributed by atoms with van der Waals surface area (Å²) in [4.78, 5) is 0. The first kappa shape index (κ1) is 9.38. The first-order valence-corrected chi connectivity index (χ1v) is 5.16. The van der Waals surface area contributed by atoms with E-state index >= 15 is 0 Å². The Bertz CT molecular complexity index is 189. The van der Waals surface area contributed by atoms with Gasteiger partial charge in [-0.05, 0) is 43.6 Å². The number of halogens is 2. The van der Waals surface area contributed by atoms with E-state index in [-0.39, 0.29) is 18.3 Å². The lowest BCUT2D eigenvalue weighted by atomic mass is 9.76. The lowest BCUT2D eigenvalue weighted by Gasteiger charge is -2.33. The van der Waals surface area contributed by atoms with Gasteiger partial charge in [0.2, 0.25) is 5.92 Å². The molecule has 0 aliphatic heterocycles. The third-order valence-corrected chi connectivity index (χ3v) is 3.88. The van der Waals surface area contributed by atoms with Crippen molar-refractivity contribution in [3.8, 4) is 0 Å². The van der Waals surface area contributed by atoms with Crippen molar-refractivity contribution in [2.24, 2.45) is 17.1 Å². The summed E-state index contributed by atoms with van der Waals surface area (Å²) in [5.41, 5.74) is 5.95. The molecule has 2 N–H and O–H groups in total. The summed E-state index contributed by atoms with van der Waals surface area (Å²) in [6.07, 6.45) is 3.87. The number of nitrogens with two attached hydrogens (primary N) is 1. The van der Waals surface area contributed by atoms with Crippen LogP contribution < -0.4 is 5.73 Å². The van der Waals surface area contributed by atoms with Crippen LogP contribution in [0.2, 0.25) is 0 Å². The van der Waals surface area contributed by atoms with Crippen LogP contribution in [0.5, 0.6) is 0 Å². The Morgan fingerprint density at radius 1 is 1.08 bits per heavy atom. The molecule has 0 aromatic heterocycles. The SMILES string of the molecule is NCC1(C2CCC(F)(F)CC2)CC1. The number of hydrogen-bond acceptors (Lipinski definition) is 1. The average Bonchev–Trinajstić information content (AvgIpc) is 2.85. The van der Waals surface area contributed by atoms with Crippen LogP contribution in [-0.2, 0) is 0 Å². The minimum Gasteiger partial charge on any atom is -0.330 e. The van der Waals surface area contributed by atoms with Gasteiger partial charge in [-0.1, -0.05) is 0 Å². The van der Waals surface area contributed by atoms with Gasteiger partial charge in [0.15, 0.2) is 0 Å². The topological polar surface area (TPSA) is 26.0 Å². The second kappa shape index (κ2) is 2.91. The molecule has 2 rings (SSSR count). The van der Waals surface area contributed by atoms with E-state index in [9.17, 15) is 8.78 Å². The molecule has 0 saturated heterocycles. The maximum Gasteiger partial charge on any atom is 0.248 e. The molecule has 0 radical (unpaired) electrons. The van der Waals surface area contributed by atoms with Gasteiger partial charge >= 0.3 is 0 Å². The summed E-state index contributed by atoms with van der Waals surface area (Å²) in [6, 6.07) is 0. The number of alkyl halides is 2. The second-order valence-corrected chi connectivity index (χ2v) is 4.70. The molecule has 0 unspecified atom stereocenters. The van der Waals surface area contributed by atoms with Crippen molar-refractivity contribution in [1.82, 2.24) is 0 Å². The third kappa shape index (κ3) is 1.71. The molecular weight excluding hydrogens is 172 g/mol. The third-order valence-electron chi connectivity index (χ3n) is 3.88. The van der Waals surface area contributed by atoms with E-state index < -0.39 is 5.92 Å². The molecular formula is C10H17F2N. The highest BCUT2D eigenvalue weighted by Crippen LogP contribution is 2.56. The fourth-order valence-corrected chi connectivity index (χ4v) is 2.59. The average molecular weight is 189 g/mol. The molecule has 0 bridgehead atoms. The van der Waals surface area contributed by atoms with Gasteiger partial charge < -0.3 is 5.73 Å². The van der Waals surface area contributed by atoms with Crippen molar-refractivity contribution >= 4 is 0 Å². The molecule has 0 aromatic carbocycles. The molecule has 2 aliphatic rings. The van der Waals surface area contributed by atoms with Crippen molar-refractivity contribution in [3.63, 3.8) is 0 Å². The van der Waals surface area contributed by atoms with E-state index in [2.05, 4.69) is 0 Å². The van der Waals surface area contributed by atoms with Crippen LogP contribution >= 0.6 is 0 Å². The monoisotopic (exact) mass is 189 g/mol. The highest BCUT2D eigenvalue weighted by atomic mass is 19.3. The van der Waals surface area contributed by atoms with Gasteiger partial charge in [-0.3, -0.25) is 0 Å². The zero-order chi connectivity index (χ0) is 9.53. The zero-order valence-corrected chi connectivity index (χ0v) is 7.86. The van der Waals surface area contributed by atoms with Crippen LogP contribution in [-0.4, -0.2) is 12.5 Å². The normalized spacial score (nSPS) is 31.6. The largest absolute Gasteiger partial charge is 0.330 e. The molecule has 2 saturated carbocycles. The molecule has 0 atom stereocenters. The molecule has 3 heteroatoms. The summed E-state index contributed by atoms with van der Waals surface area (Å²) in [7, 11) is 0. The van der Waals surface area contributed by atoms with Crippen molar-refractivity contribution < 1.29 is 8.78 Å². The minimum absolute atomic E-state index is 0.0828. The molecule has 0 spiro atoms. The van der Waals surface area contributed by atoms with Crippen LogP contribution in [0.1, 0.15) is 38.5 Å². The van der Waals surface area contributed by atoms with Gasteiger partial charge in [-0.25, -0.2) is 8.78 Å². The number of rotatable bonds is 2. The Balaban J connectivity index is 1.91. The summed E-state index contributed by atoms with van der Waals surface area (Å²) in [5, 5.41) is 0. The quantitative estimate of drug-likeness (QED) is 0.709. The first-order chi connectivity index (χ1) is 6.08. The van der Waals surface area contributed by atoms with E-state index in [1.165, 1.54) is 12.8 Å². The molecule has 0 amide bonds. The second-order valence-electron chi connectivity index (χ2n) is 4.70. The maximum absolute atomic E-state index is 12.9. The van der Waals surface area contributed by atoms with Crippen LogP contribution in [0.15, 0.2) is 0 Å². The van der Waals surface area contributed by atoms with Gasteiger partial charge in [0.05, 0.1) is 0 Å². The van der Waals surface area contributed by atoms with Gasteiger partial charge in [0, 0.05) is 12.8 Å². The molecule has 1 nitrogen and oxygen atoms in total. The Morgan fingerprint density at radius 2 is 1.62 bits per heavy atom. The minimum atomic E-state index is -2.39. The van der Waals surface area contributed by atoms with E-state index in [0.29, 0.717) is 25.3 Å². The van der Waals surface area contributed by atoms with Crippen LogP contribution in [0.25, 0.3) is 0 Å². The standard InChI is InChI=1S/C10H17F2N/c11-10(12)3-1-8(2-4-10)9(7-13)5-6-9/h8H,1-7,13H2. The lowest BCUT2D eigenvalue weighted by Crippen LogP contribution is -2.32. The van der Waals surface area contributed by atoms with Crippen molar-refractivity contribution in [3.05, 3.63) is 0 Å². The summed E-state index contributed by atoms with van der Waals surface area (Å²) >= 11 is 0. The summed E-state index contributed by atoms with van der Waals surface area (Å²) < 4.78 is 25.7. The molecule has 0 aromatic rings. The molecule has 2 aliphatic carbocycles. The zero-order valence-electron chi connectivity index (χ0n) is 7.86. The van der Waals surface area contributed by atoms with Gasteiger partial charge in [-0.2, -0.15) is 0 Å². The Kier molecular flexibility index (Phi) is 2.10. The van der Waals surface area contributed by atoms with E-state index in [0.717, 1.165) is 0 Å². The highest BCUT2D eigenvalue weighted by molar-refractivity contribution is 5.01. The predicted octanol–water partition coefficient (Wildman–Crippen LogP) is 2.55. The van der Waals surface area contributed by atoms with Gasteiger partial charge in [0.1, 0.15) is 0 Å². The fraction of sp³-hybridized carbons (Fsp3) is 1.00. The van der Waals surface area contributed by atoms with Crippen LogP contribution in [0.3, 0.4) is 0 Å². The number of hydrogen-bond donors (Lipinski definition) is 1.